The number of rotatable bonds is 3. The average molecular weight is 253 g/mol. The SMILES string of the molecule is Cc1ccccc1CSC(=S)SCC#N. The number of aryl methyl sites for hydroxylation is 1. The van der Waals surface area contributed by atoms with Gasteiger partial charge in [-0.15, -0.1) is 11.8 Å². The fourth-order valence-electron chi connectivity index (χ4n) is 1.04. The van der Waals surface area contributed by atoms with E-state index in [0.717, 1.165) is 9.28 Å². The Bertz CT molecular complexity index is 382. The van der Waals surface area contributed by atoms with Crippen LogP contribution in [0.2, 0.25) is 0 Å². The van der Waals surface area contributed by atoms with E-state index < -0.39 is 0 Å². The van der Waals surface area contributed by atoms with E-state index in [1.54, 1.807) is 11.8 Å². The summed E-state index contributed by atoms with van der Waals surface area (Å²) in [6, 6.07) is 10.3. The second-order valence-electron chi connectivity index (χ2n) is 2.91. The van der Waals surface area contributed by atoms with Crippen LogP contribution in [0.25, 0.3) is 0 Å². The maximum Gasteiger partial charge on any atom is 0.105 e. The molecule has 0 aliphatic carbocycles. The summed E-state index contributed by atoms with van der Waals surface area (Å²) in [7, 11) is 0. The van der Waals surface area contributed by atoms with Gasteiger partial charge in [-0.3, -0.25) is 0 Å². The molecule has 1 aromatic rings. The predicted octanol–water partition coefficient (Wildman–Crippen LogP) is 3.77. The summed E-state index contributed by atoms with van der Waals surface area (Å²) < 4.78 is 0.847. The Morgan fingerprint density at radius 3 is 2.80 bits per heavy atom. The van der Waals surface area contributed by atoms with Gasteiger partial charge in [-0.2, -0.15) is 5.26 Å². The van der Waals surface area contributed by atoms with Crippen LogP contribution in [0, 0.1) is 18.3 Å². The molecule has 0 aliphatic rings. The third-order valence-corrected chi connectivity index (χ3v) is 4.48. The van der Waals surface area contributed by atoms with Crippen molar-refractivity contribution in [1.29, 1.82) is 5.26 Å². The smallest absolute Gasteiger partial charge is 0.105 e. The van der Waals surface area contributed by atoms with Crippen molar-refractivity contribution in [3.63, 3.8) is 0 Å². The molecule has 0 unspecified atom stereocenters. The Morgan fingerprint density at radius 2 is 2.13 bits per heavy atom. The maximum atomic E-state index is 8.40. The molecular formula is C11H11NS3. The second kappa shape index (κ2) is 6.89. The zero-order chi connectivity index (χ0) is 11.1. The summed E-state index contributed by atoms with van der Waals surface area (Å²) >= 11 is 8.20. The van der Waals surface area contributed by atoms with Gasteiger partial charge >= 0.3 is 0 Å². The van der Waals surface area contributed by atoms with Crippen LogP contribution in [0.3, 0.4) is 0 Å². The molecule has 1 aromatic carbocycles. The summed E-state index contributed by atoms with van der Waals surface area (Å²) in [4.78, 5) is 0. The van der Waals surface area contributed by atoms with E-state index in [-0.39, 0.29) is 0 Å². The Labute approximate surface area is 104 Å². The number of hydrogen-bond donors (Lipinski definition) is 0. The molecule has 1 rings (SSSR count). The molecule has 0 aromatic heterocycles. The molecule has 0 radical (unpaired) electrons. The van der Waals surface area contributed by atoms with Crippen LogP contribution in [-0.2, 0) is 5.75 Å². The van der Waals surface area contributed by atoms with Crippen molar-refractivity contribution < 1.29 is 0 Å². The highest BCUT2D eigenvalue weighted by Gasteiger charge is 2.01. The zero-order valence-electron chi connectivity index (χ0n) is 8.40. The van der Waals surface area contributed by atoms with Gasteiger partial charge in [0.05, 0.1) is 11.8 Å². The summed E-state index contributed by atoms with van der Waals surface area (Å²) in [6.45, 7) is 2.10. The molecule has 0 amide bonds. The standard InChI is InChI=1S/C11H11NS3/c1-9-4-2-3-5-10(9)8-15-11(13)14-7-6-12/h2-5H,7-8H2,1H3. The van der Waals surface area contributed by atoms with Gasteiger partial charge in [-0.05, 0) is 18.1 Å². The average Bonchev–Trinajstić information content (AvgIpc) is 2.25. The van der Waals surface area contributed by atoms with Crippen molar-refractivity contribution in [2.24, 2.45) is 0 Å². The van der Waals surface area contributed by atoms with Gasteiger partial charge in [0.2, 0.25) is 0 Å². The van der Waals surface area contributed by atoms with E-state index >= 15 is 0 Å². The van der Waals surface area contributed by atoms with Crippen LogP contribution >= 0.6 is 35.7 Å². The van der Waals surface area contributed by atoms with Crippen LogP contribution in [0.15, 0.2) is 24.3 Å². The van der Waals surface area contributed by atoms with Gasteiger partial charge in [0.15, 0.2) is 0 Å². The van der Waals surface area contributed by atoms with Gasteiger partial charge in [0.1, 0.15) is 3.53 Å². The molecule has 0 atom stereocenters. The summed E-state index contributed by atoms with van der Waals surface area (Å²) in [5.74, 6) is 1.34. The minimum Gasteiger partial charge on any atom is -0.197 e. The molecule has 4 heteroatoms. The highest BCUT2D eigenvalue weighted by molar-refractivity contribution is 8.47. The summed E-state index contributed by atoms with van der Waals surface area (Å²) in [6.07, 6.45) is 0. The highest BCUT2D eigenvalue weighted by atomic mass is 32.2. The number of nitriles is 1. The highest BCUT2D eigenvalue weighted by Crippen LogP contribution is 2.22. The Morgan fingerprint density at radius 1 is 1.40 bits per heavy atom. The molecule has 0 saturated carbocycles. The van der Waals surface area contributed by atoms with Crippen LogP contribution in [0.5, 0.6) is 0 Å². The lowest BCUT2D eigenvalue weighted by Gasteiger charge is -2.04. The molecule has 78 valence electrons. The van der Waals surface area contributed by atoms with Crippen molar-refractivity contribution in [2.45, 2.75) is 12.7 Å². The van der Waals surface area contributed by atoms with E-state index in [0.29, 0.717) is 5.75 Å². The number of nitrogens with zero attached hydrogens (tertiary/aromatic N) is 1. The lowest BCUT2D eigenvalue weighted by molar-refractivity contribution is 1.31. The molecule has 1 nitrogen and oxygen atoms in total. The van der Waals surface area contributed by atoms with Gasteiger partial charge in [-0.25, -0.2) is 0 Å². The lowest BCUT2D eigenvalue weighted by atomic mass is 10.1. The minimum atomic E-state index is 0.444. The predicted molar refractivity (Wildman–Crippen MR) is 73.1 cm³/mol. The molecule has 0 spiro atoms. The van der Waals surface area contributed by atoms with E-state index in [2.05, 4.69) is 25.1 Å². The molecule has 0 bridgehead atoms. The normalized spacial score (nSPS) is 9.60. The third-order valence-electron chi connectivity index (χ3n) is 1.86. The van der Waals surface area contributed by atoms with Crippen LogP contribution in [0.4, 0.5) is 0 Å². The largest absolute Gasteiger partial charge is 0.197 e. The van der Waals surface area contributed by atoms with Gasteiger partial charge in [0, 0.05) is 5.75 Å². The summed E-state index contributed by atoms with van der Waals surface area (Å²) in [5.41, 5.74) is 2.60. The fraction of sp³-hybridized carbons (Fsp3) is 0.273. The maximum absolute atomic E-state index is 8.40. The van der Waals surface area contributed by atoms with E-state index in [1.165, 1.54) is 22.9 Å². The molecule has 0 N–H and O–H groups in total. The zero-order valence-corrected chi connectivity index (χ0v) is 10.8. The van der Waals surface area contributed by atoms with Crippen LogP contribution in [0.1, 0.15) is 11.1 Å². The number of thiocarbonyl (C=S) groups is 1. The third kappa shape index (κ3) is 4.70. The van der Waals surface area contributed by atoms with Crippen LogP contribution < -0.4 is 0 Å². The number of hydrogen-bond acceptors (Lipinski definition) is 4. The van der Waals surface area contributed by atoms with Crippen LogP contribution in [-0.4, -0.2) is 9.28 Å². The van der Waals surface area contributed by atoms with Crippen molar-refractivity contribution in [2.75, 3.05) is 5.75 Å². The Balaban J connectivity index is 2.41. The topological polar surface area (TPSA) is 23.8 Å². The van der Waals surface area contributed by atoms with E-state index in [4.69, 9.17) is 17.5 Å². The Hall–Kier alpha value is -0.500. The van der Waals surface area contributed by atoms with Crippen molar-refractivity contribution in [3.05, 3.63) is 35.4 Å². The Kier molecular flexibility index (Phi) is 5.77. The summed E-state index contributed by atoms with van der Waals surface area (Å²) in [5, 5.41) is 8.40. The first-order valence-corrected chi connectivity index (χ1v) is 6.83. The minimum absolute atomic E-state index is 0.444. The number of benzene rings is 1. The fourth-order valence-corrected chi connectivity index (χ4v) is 2.86. The monoisotopic (exact) mass is 253 g/mol. The molecule has 0 heterocycles. The van der Waals surface area contributed by atoms with E-state index in [1.807, 2.05) is 12.1 Å². The molecule has 0 saturated heterocycles. The molecular weight excluding hydrogens is 242 g/mol. The van der Waals surface area contributed by atoms with Crippen molar-refractivity contribution >= 4 is 39.3 Å². The molecule has 0 fully saturated rings. The first-order valence-electron chi connectivity index (χ1n) is 4.45. The first-order chi connectivity index (χ1) is 7.24. The van der Waals surface area contributed by atoms with Gasteiger partial charge < -0.3 is 0 Å². The first kappa shape index (κ1) is 12.6. The lowest BCUT2D eigenvalue weighted by Crippen LogP contribution is -1.88. The van der Waals surface area contributed by atoms with Crippen molar-refractivity contribution in [3.8, 4) is 6.07 Å². The second-order valence-corrected chi connectivity index (χ2v) is 6.07. The van der Waals surface area contributed by atoms with Crippen molar-refractivity contribution in [1.82, 2.24) is 0 Å². The number of thioether (sulfide) groups is 2. The molecule has 15 heavy (non-hydrogen) atoms. The van der Waals surface area contributed by atoms with Gasteiger partial charge in [0.25, 0.3) is 0 Å². The quantitative estimate of drug-likeness (QED) is 0.765. The van der Waals surface area contributed by atoms with E-state index in [9.17, 15) is 0 Å². The molecule has 0 aliphatic heterocycles. The van der Waals surface area contributed by atoms with Gasteiger partial charge in [-0.1, -0.05) is 48.2 Å².